The number of nitriles is 1. The van der Waals surface area contributed by atoms with Crippen LogP contribution >= 0.6 is 0 Å². The molecular weight excluding hydrogens is 454 g/mol. The number of carbonyl (C=O) groups is 2. The van der Waals surface area contributed by atoms with Crippen molar-refractivity contribution in [3.63, 3.8) is 0 Å². The molecule has 1 heterocycles. The molecule has 0 aliphatic heterocycles. The fourth-order valence-electron chi connectivity index (χ4n) is 2.63. The minimum Gasteiger partial charge on any atom is -0.495 e. The van der Waals surface area contributed by atoms with Crippen LogP contribution in [0, 0.1) is 11.3 Å². The van der Waals surface area contributed by atoms with Gasteiger partial charge in [0.1, 0.15) is 10.6 Å². The van der Waals surface area contributed by atoms with Crippen molar-refractivity contribution in [2.75, 3.05) is 13.7 Å². The van der Waals surface area contributed by atoms with Gasteiger partial charge < -0.3 is 15.2 Å². The number of rotatable bonds is 8. The zero-order chi connectivity index (χ0) is 24.0. The number of hydrogen-bond acceptors (Lipinski definition) is 10. The van der Waals surface area contributed by atoms with Crippen LogP contribution in [0.25, 0.3) is 11.4 Å². The molecule has 13 nitrogen and oxygen atoms in total. The first-order valence-electron chi connectivity index (χ1n) is 9.15. The number of hydrogen-bond donors (Lipinski definition) is 2. The maximum absolute atomic E-state index is 12.5. The van der Waals surface area contributed by atoms with Crippen LogP contribution < -0.4 is 15.2 Å². The lowest BCUT2D eigenvalue weighted by Gasteiger charge is -2.11. The van der Waals surface area contributed by atoms with Crippen LogP contribution in [-0.2, 0) is 26.1 Å². The maximum atomic E-state index is 12.5. The van der Waals surface area contributed by atoms with E-state index in [2.05, 4.69) is 20.1 Å². The summed E-state index contributed by atoms with van der Waals surface area (Å²) < 4.78 is 36.2. The van der Waals surface area contributed by atoms with Crippen molar-refractivity contribution in [3.8, 4) is 23.2 Å². The third-order valence-electron chi connectivity index (χ3n) is 4.13. The van der Waals surface area contributed by atoms with E-state index in [1.54, 1.807) is 29.0 Å². The number of nitrogens with zero attached hydrogens (tertiary/aromatic N) is 5. The number of nitrogens with one attached hydrogen (secondary N) is 1. The van der Waals surface area contributed by atoms with E-state index in [0.29, 0.717) is 17.7 Å². The molecule has 0 bridgehead atoms. The third kappa shape index (κ3) is 5.80. The third-order valence-corrected chi connectivity index (χ3v) is 5.49. The number of sulfonamides is 1. The Hall–Kier alpha value is -4.51. The second-order valence-corrected chi connectivity index (χ2v) is 8.12. The quantitative estimate of drug-likeness (QED) is 0.457. The molecule has 0 aliphatic carbocycles. The number of aromatic nitrogens is 4. The predicted octanol–water partition coefficient (Wildman–Crippen LogP) is 0.169. The highest BCUT2D eigenvalue weighted by atomic mass is 32.2. The molecule has 0 saturated heterocycles. The molecule has 2 aromatic carbocycles. The summed E-state index contributed by atoms with van der Waals surface area (Å²) >= 11 is 0. The first-order valence-corrected chi connectivity index (χ1v) is 10.6. The minimum absolute atomic E-state index is 0.0915. The SMILES string of the molecule is COc1cc(-c2nnn(Cc3ccc(C#N)cc3)n2)ccc1S(=O)(=O)NC(=O)OCC(N)=O. The maximum Gasteiger partial charge on any atom is 0.421 e. The van der Waals surface area contributed by atoms with E-state index >= 15 is 0 Å². The van der Waals surface area contributed by atoms with E-state index in [-0.39, 0.29) is 16.5 Å². The summed E-state index contributed by atoms with van der Waals surface area (Å²) in [5.74, 6) is -0.824. The minimum atomic E-state index is -4.38. The van der Waals surface area contributed by atoms with Gasteiger partial charge in [0.05, 0.1) is 25.3 Å². The molecule has 3 rings (SSSR count). The monoisotopic (exact) mass is 471 g/mol. The van der Waals surface area contributed by atoms with Gasteiger partial charge in [-0.25, -0.2) is 17.9 Å². The summed E-state index contributed by atoms with van der Waals surface area (Å²) in [6.45, 7) is -0.471. The van der Waals surface area contributed by atoms with Crippen LogP contribution in [0.2, 0.25) is 0 Å². The molecule has 0 unspecified atom stereocenters. The van der Waals surface area contributed by atoms with Crippen LogP contribution in [0.1, 0.15) is 11.1 Å². The topological polar surface area (TPSA) is 192 Å². The molecule has 0 aliphatic rings. The van der Waals surface area contributed by atoms with Gasteiger partial charge in [-0.3, -0.25) is 4.79 Å². The molecule has 2 amide bonds. The first kappa shape index (κ1) is 23.2. The lowest BCUT2D eigenvalue weighted by molar-refractivity contribution is -0.120. The van der Waals surface area contributed by atoms with Crippen LogP contribution in [0.15, 0.2) is 47.4 Å². The van der Waals surface area contributed by atoms with E-state index in [4.69, 9.17) is 15.7 Å². The van der Waals surface area contributed by atoms with Gasteiger partial charge in [0.25, 0.3) is 15.9 Å². The molecule has 14 heteroatoms. The Bertz CT molecular complexity index is 1330. The molecular formula is C19H17N7O6S. The Balaban J connectivity index is 1.78. The van der Waals surface area contributed by atoms with Crippen molar-refractivity contribution in [1.82, 2.24) is 24.9 Å². The Morgan fingerprint density at radius 3 is 2.58 bits per heavy atom. The lowest BCUT2D eigenvalue weighted by Crippen LogP contribution is -2.33. The number of methoxy groups -OCH3 is 1. The molecule has 0 saturated carbocycles. The predicted molar refractivity (Wildman–Crippen MR) is 111 cm³/mol. The van der Waals surface area contributed by atoms with Gasteiger partial charge in [-0.05, 0) is 41.1 Å². The van der Waals surface area contributed by atoms with Gasteiger partial charge in [-0.1, -0.05) is 12.1 Å². The van der Waals surface area contributed by atoms with Gasteiger partial charge in [0, 0.05) is 5.56 Å². The molecule has 0 spiro atoms. The summed E-state index contributed by atoms with van der Waals surface area (Å²) in [5, 5.41) is 21.1. The van der Waals surface area contributed by atoms with Crippen molar-refractivity contribution in [2.24, 2.45) is 5.73 Å². The standard InChI is InChI=1S/C19H17N7O6S/c1-31-15-8-14(6-7-16(15)33(29,30)24-19(28)32-11-17(21)27)18-22-25-26(23-18)10-13-4-2-12(9-20)3-5-13/h2-8H,10-11H2,1H3,(H2,21,27)(H,24,28). The highest BCUT2D eigenvalue weighted by Gasteiger charge is 2.24. The summed E-state index contributed by atoms with van der Waals surface area (Å²) in [5.41, 5.74) is 6.64. The zero-order valence-electron chi connectivity index (χ0n) is 17.1. The normalized spacial score (nSPS) is 10.8. The van der Waals surface area contributed by atoms with Gasteiger partial charge in [-0.15, -0.1) is 10.2 Å². The number of tetrazole rings is 1. The molecule has 0 atom stereocenters. The van der Waals surface area contributed by atoms with Crippen molar-refractivity contribution in [1.29, 1.82) is 5.26 Å². The molecule has 170 valence electrons. The number of ether oxygens (including phenoxy) is 2. The lowest BCUT2D eigenvalue weighted by atomic mass is 10.1. The number of benzene rings is 2. The fraction of sp³-hybridized carbons (Fsp3) is 0.158. The second-order valence-electron chi connectivity index (χ2n) is 6.47. The molecule has 3 N–H and O–H groups in total. The first-order chi connectivity index (χ1) is 15.7. The Labute approximate surface area is 187 Å². The van der Waals surface area contributed by atoms with Gasteiger partial charge in [0.15, 0.2) is 6.61 Å². The van der Waals surface area contributed by atoms with Gasteiger partial charge >= 0.3 is 6.09 Å². The number of amides is 2. The summed E-state index contributed by atoms with van der Waals surface area (Å²) in [6.07, 6.45) is -1.37. The van der Waals surface area contributed by atoms with Crippen molar-refractivity contribution < 1.29 is 27.5 Å². The van der Waals surface area contributed by atoms with Crippen LogP contribution in [-0.4, -0.2) is 54.3 Å². The van der Waals surface area contributed by atoms with E-state index in [0.717, 1.165) is 5.56 Å². The van der Waals surface area contributed by atoms with Crippen LogP contribution in [0.3, 0.4) is 0 Å². The van der Waals surface area contributed by atoms with Gasteiger partial charge in [-0.2, -0.15) is 10.1 Å². The van der Waals surface area contributed by atoms with E-state index in [1.807, 2.05) is 6.07 Å². The van der Waals surface area contributed by atoms with Crippen LogP contribution in [0.4, 0.5) is 4.79 Å². The summed E-state index contributed by atoms with van der Waals surface area (Å²) in [4.78, 5) is 23.3. The van der Waals surface area contributed by atoms with Crippen LogP contribution in [0.5, 0.6) is 5.75 Å². The molecule has 1 aromatic heterocycles. The molecule has 0 fully saturated rings. The Morgan fingerprint density at radius 1 is 1.21 bits per heavy atom. The number of carbonyl (C=O) groups excluding carboxylic acids is 2. The zero-order valence-corrected chi connectivity index (χ0v) is 17.9. The summed E-state index contributed by atoms with van der Waals surface area (Å²) in [7, 11) is -3.13. The fourth-order valence-corrected chi connectivity index (χ4v) is 3.68. The highest BCUT2D eigenvalue weighted by Crippen LogP contribution is 2.28. The van der Waals surface area contributed by atoms with E-state index in [1.165, 1.54) is 30.1 Å². The largest absolute Gasteiger partial charge is 0.495 e. The van der Waals surface area contributed by atoms with Crippen molar-refractivity contribution >= 4 is 22.0 Å². The van der Waals surface area contributed by atoms with Crippen molar-refractivity contribution in [3.05, 3.63) is 53.6 Å². The second kappa shape index (κ2) is 9.75. The van der Waals surface area contributed by atoms with E-state index < -0.39 is 28.6 Å². The van der Waals surface area contributed by atoms with Crippen molar-refractivity contribution in [2.45, 2.75) is 11.4 Å². The highest BCUT2D eigenvalue weighted by molar-refractivity contribution is 7.90. The summed E-state index contributed by atoms with van der Waals surface area (Å²) in [6, 6.07) is 12.9. The molecule has 3 aromatic rings. The Kier molecular flexibility index (Phi) is 6.84. The number of primary amides is 1. The smallest absolute Gasteiger partial charge is 0.421 e. The van der Waals surface area contributed by atoms with Gasteiger partial charge in [0.2, 0.25) is 5.82 Å². The average Bonchev–Trinajstić information content (AvgIpc) is 3.26. The number of nitrogens with two attached hydrogens (primary N) is 1. The Morgan fingerprint density at radius 2 is 1.94 bits per heavy atom. The molecule has 0 radical (unpaired) electrons. The average molecular weight is 471 g/mol. The molecule has 33 heavy (non-hydrogen) atoms. The van der Waals surface area contributed by atoms with E-state index in [9.17, 15) is 18.0 Å².